The quantitative estimate of drug-likeness (QED) is 0.813. The third-order valence-corrected chi connectivity index (χ3v) is 6.96. The Labute approximate surface area is 140 Å². The Morgan fingerprint density at radius 3 is 2.48 bits per heavy atom. The molecule has 2 nitrogen and oxygen atoms in total. The third kappa shape index (κ3) is 2.29. The Morgan fingerprint density at radius 2 is 1.83 bits per heavy atom. The first-order valence-electron chi connectivity index (χ1n) is 9.43. The lowest BCUT2D eigenvalue weighted by molar-refractivity contribution is -0.174. The average Bonchev–Trinajstić information content (AvgIpc) is 2.49. The van der Waals surface area contributed by atoms with Crippen molar-refractivity contribution in [3.63, 3.8) is 0 Å². The van der Waals surface area contributed by atoms with Crippen LogP contribution in [-0.4, -0.2) is 29.3 Å². The largest absolute Gasteiger partial charge is 0.299 e. The van der Waals surface area contributed by atoms with Gasteiger partial charge in [0.25, 0.3) is 0 Å². The van der Waals surface area contributed by atoms with Gasteiger partial charge < -0.3 is 0 Å². The highest BCUT2D eigenvalue weighted by atomic mass is 16.1. The van der Waals surface area contributed by atoms with E-state index in [4.69, 9.17) is 0 Å². The van der Waals surface area contributed by atoms with Gasteiger partial charge in [0.05, 0.1) is 0 Å². The van der Waals surface area contributed by atoms with Crippen LogP contribution >= 0.6 is 0 Å². The molecule has 0 heterocycles. The molecule has 124 valence electrons. The van der Waals surface area contributed by atoms with Crippen molar-refractivity contribution < 1.29 is 4.79 Å². The summed E-state index contributed by atoms with van der Waals surface area (Å²) >= 11 is 0. The summed E-state index contributed by atoms with van der Waals surface area (Å²) < 4.78 is 0. The van der Waals surface area contributed by atoms with Gasteiger partial charge >= 0.3 is 0 Å². The molecular weight excluding hydrogens is 282 g/mol. The molecule has 0 saturated heterocycles. The molecule has 23 heavy (non-hydrogen) atoms. The Hall–Kier alpha value is -1.15. The number of nitrogens with zero attached hydrogens (tertiary/aromatic N) is 1. The number of benzene rings is 1. The van der Waals surface area contributed by atoms with Crippen LogP contribution in [0.25, 0.3) is 0 Å². The molecular formula is C21H29NO. The molecule has 2 atom stereocenters. The van der Waals surface area contributed by atoms with Crippen LogP contribution in [0.3, 0.4) is 0 Å². The van der Waals surface area contributed by atoms with Crippen molar-refractivity contribution in [3.8, 4) is 0 Å². The molecule has 0 radical (unpaired) electrons. The lowest BCUT2D eigenvalue weighted by Gasteiger charge is -2.74. The fraction of sp³-hybridized carbons (Fsp3) is 0.667. The van der Waals surface area contributed by atoms with Crippen molar-refractivity contribution in [2.75, 3.05) is 13.1 Å². The maximum Gasteiger partial charge on any atom is 0.140 e. The molecule has 2 bridgehead atoms. The van der Waals surface area contributed by atoms with Crippen molar-refractivity contribution >= 4 is 5.78 Å². The molecule has 1 aromatic rings. The minimum absolute atomic E-state index is 0.288. The van der Waals surface area contributed by atoms with Gasteiger partial charge in [-0.25, -0.2) is 0 Å². The molecule has 2 unspecified atom stereocenters. The summed E-state index contributed by atoms with van der Waals surface area (Å²) in [5.74, 6) is 1.11. The van der Waals surface area contributed by atoms with E-state index in [1.54, 1.807) is 0 Å². The second kappa shape index (κ2) is 5.44. The van der Waals surface area contributed by atoms with Crippen molar-refractivity contribution in [2.24, 2.45) is 11.8 Å². The number of carbonyl (C=O) groups excluding carboxylic acids is 1. The molecule has 1 aromatic carbocycles. The van der Waals surface area contributed by atoms with Gasteiger partial charge in [0.2, 0.25) is 0 Å². The normalized spacial score (nSPS) is 39.0. The summed E-state index contributed by atoms with van der Waals surface area (Å²) in [5, 5.41) is 0. The van der Waals surface area contributed by atoms with Gasteiger partial charge in [-0.3, -0.25) is 9.69 Å². The van der Waals surface area contributed by atoms with E-state index >= 15 is 0 Å². The second-order valence-corrected chi connectivity index (χ2v) is 8.37. The standard InChI is InChI=1S/C21H29NO/c1-3-22(12-17-9-7-8-16(2)19(17)23)21-13-20(14-21,15-21)18-10-5-4-6-11-18/h4-6,10-11,16-17H,3,7-9,12-15H2,1-2H3. The van der Waals surface area contributed by atoms with Gasteiger partial charge in [0.1, 0.15) is 5.78 Å². The lowest BCUT2D eigenvalue weighted by Crippen LogP contribution is -2.77. The molecule has 4 fully saturated rings. The highest BCUT2D eigenvalue weighted by Crippen LogP contribution is 2.70. The molecule has 0 aliphatic heterocycles. The molecule has 0 spiro atoms. The van der Waals surface area contributed by atoms with E-state index in [1.807, 2.05) is 0 Å². The van der Waals surface area contributed by atoms with Crippen LogP contribution in [-0.2, 0) is 10.2 Å². The molecule has 0 aromatic heterocycles. The molecule has 0 N–H and O–H groups in total. The van der Waals surface area contributed by atoms with E-state index in [0.29, 0.717) is 22.7 Å². The summed E-state index contributed by atoms with van der Waals surface area (Å²) in [5.41, 5.74) is 2.39. The van der Waals surface area contributed by atoms with E-state index < -0.39 is 0 Å². The maximum absolute atomic E-state index is 12.5. The van der Waals surface area contributed by atoms with Crippen molar-refractivity contribution in [1.82, 2.24) is 4.90 Å². The second-order valence-electron chi connectivity index (χ2n) is 8.37. The fourth-order valence-electron chi connectivity index (χ4n) is 5.63. The predicted molar refractivity (Wildman–Crippen MR) is 93.5 cm³/mol. The Morgan fingerprint density at radius 1 is 1.13 bits per heavy atom. The number of hydrogen-bond acceptors (Lipinski definition) is 2. The zero-order valence-electron chi connectivity index (χ0n) is 14.6. The van der Waals surface area contributed by atoms with Crippen LogP contribution in [0.1, 0.15) is 57.9 Å². The first-order chi connectivity index (χ1) is 11.1. The monoisotopic (exact) mass is 311 g/mol. The predicted octanol–water partition coefficient (Wildman–Crippen LogP) is 4.19. The van der Waals surface area contributed by atoms with Crippen LogP contribution in [0, 0.1) is 11.8 Å². The molecule has 4 aliphatic carbocycles. The molecule has 4 aliphatic rings. The average molecular weight is 311 g/mol. The van der Waals surface area contributed by atoms with Gasteiger partial charge in [-0.15, -0.1) is 0 Å². The van der Waals surface area contributed by atoms with Crippen molar-refractivity contribution in [1.29, 1.82) is 0 Å². The summed E-state index contributed by atoms with van der Waals surface area (Å²) in [4.78, 5) is 15.1. The lowest BCUT2D eigenvalue weighted by atomic mass is 9.37. The topological polar surface area (TPSA) is 20.3 Å². The van der Waals surface area contributed by atoms with E-state index in [9.17, 15) is 4.79 Å². The highest BCUT2D eigenvalue weighted by molar-refractivity contribution is 5.84. The Balaban J connectivity index is 1.42. The van der Waals surface area contributed by atoms with Crippen LogP contribution in [0.15, 0.2) is 30.3 Å². The first-order valence-corrected chi connectivity index (χ1v) is 9.43. The van der Waals surface area contributed by atoms with E-state index in [-0.39, 0.29) is 5.92 Å². The minimum atomic E-state index is 0.288. The maximum atomic E-state index is 12.5. The number of rotatable bonds is 5. The summed E-state index contributed by atoms with van der Waals surface area (Å²) in [6.07, 6.45) is 7.34. The Bertz CT molecular complexity index is 573. The minimum Gasteiger partial charge on any atom is -0.299 e. The van der Waals surface area contributed by atoms with Gasteiger partial charge in [-0.2, -0.15) is 0 Å². The summed E-state index contributed by atoms with van der Waals surface area (Å²) in [6, 6.07) is 11.0. The first kappa shape index (κ1) is 15.4. The van der Waals surface area contributed by atoms with Crippen LogP contribution in [0.4, 0.5) is 0 Å². The van der Waals surface area contributed by atoms with E-state index in [2.05, 4.69) is 49.1 Å². The van der Waals surface area contributed by atoms with E-state index in [0.717, 1.165) is 25.9 Å². The molecule has 4 saturated carbocycles. The van der Waals surface area contributed by atoms with Gasteiger partial charge in [-0.05, 0) is 44.2 Å². The highest BCUT2D eigenvalue weighted by Gasteiger charge is 2.70. The zero-order valence-corrected chi connectivity index (χ0v) is 14.6. The summed E-state index contributed by atoms with van der Waals surface area (Å²) in [7, 11) is 0. The summed E-state index contributed by atoms with van der Waals surface area (Å²) in [6.45, 7) is 6.48. The van der Waals surface area contributed by atoms with Crippen molar-refractivity contribution in [2.45, 2.75) is 63.3 Å². The number of carbonyl (C=O) groups is 1. The molecule has 5 rings (SSSR count). The Kier molecular flexibility index (Phi) is 3.64. The zero-order chi connectivity index (χ0) is 16.1. The third-order valence-electron chi connectivity index (χ3n) is 6.96. The molecule has 2 heteroatoms. The van der Waals surface area contributed by atoms with Crippen molar-refractivity contribution in [3.05, 3.63) is 35.9 Å². The smallest absolute Gasteiger partial charge is 0.140 e. The fourth-order valence-corrected chi connectivity index (χ4v) is 5.63. The number of hydrogen-bond donors (Lipinski definition) is 0. The number of Topliss-reactive ketones (excluding diaryl/α,β-unsaturated/α-hetero) is 1. The van der Waals surface area contributed by atoms with Crippen LogP contribution in [0.5, 0.6) is 0 Å². The number of ketones is 1. The van der Waals surface area contributed by atoms with Gasteiger partial charge in [0, 0.05) is 29.3 Å². The van der Waals surface area contributed by atoms with Gasteiger partial charge in [-0.1, -0.05) is 50.6 Å². The van der Waals surface area contributed by atoms with Gasteiger partial charge in [0.15, 0.2) is 0 Å². The SMILES string of the molecule is CCN(CC1CCCC(C)C1=O)C12CC(c3ccccc3)(C1)C2. The molecule has 0 amide bonds. The van der Waals surface area contributed by atoms with E-state index in [1.165, 1.54) is 31.2 Å². The van der Waals surface area contributed by atoms with Crippen LogP contribution in [0.2, 0.25) is 0 Å². The van der Waals surface area contributed by atoms with Crippen LogP contribution < -0.4 is 0 Å².